The number of methoxy groups -OCH3 is 1. The minimum Gasteiger partial charge on any atom is -0.496 e. The van der Waals surface area contributed by atoms with Crippen LogP contribution in [-0.4, -0.2) is 18.2 Å². The van der Waals surface area contributed by atoms with Crippen LogP contribution in [0.15, 0.2) is 18.2 Å². The average Bonchev–Trinajstić information content (AvgIpc) is 2.29. The molecule has 0 saturated carbocycles. The zero-order valence-electron chi connectivity index (χ0n) is 11.6. The molecular weight excluding hydrogens is 228 g/mol. The Morgan fingerprint density at radius 3 is 2.61 bits per heavy atom. The van der Waals surface area contributed by atoms with Crippen LogP contribution in [0.5, 0.6) is 5.75 Å². The number of benzene rings is 1. The number of carbonyl (C=O) groups is 1. The van der Waals surface area contributed by atoms with E-state index in [1.165, 1.54) is 5.56 Å². The van der Waals surface area contributed by atoms with Crippen LogP contribution in [0.25, 0.3) is 0 Å². The van der Waals surface area contributed by atoms with Crippen LogP contribution < -0.4 is 4.74 Å². The summed E-state index contributed by atoms with van der Waals surface area (Å²) < 4.78 is 5.31. The van der Waals surface area contributed by atoms with Gasteiger partial charge in [-0.25, -0.2) is 0 Å². The first-order chi connectivity index (χ1) is 8.36. The Hall–Kier alpha value is -1.51. The molecule has 3 nitrogen and oxygen atoms in total. The molecule has 1 aromatic rings. The summed E-state index contributed by atoms with van der Waals surface area (Å²) in [5, 5.41) is 9.06. The average molecular weight is 250 g/mol. The Labute approximate surface area is 109 Å². The van der Waals surface area contributed by atoms with Crippen LogP contribution in [0.2, 0.25) is 0 Å². The number of hydrogen-bond donors (Lipinski definition) is 1. The second-order valence-electron chi connectivity index (χ2n) is 5.36. The highest BCUT2D eigenvalue weighted by Crippen LogP contribution is 2.26. The molecule has 0 fully saturated rings. The molecule has 0 aliphatic rings. The van der Waals surface area contributed by atoms with Crippen LogP contribution >= 0.6 is 0 Å². The highest BCUT2D eigenvalue weighted by molar-refractivity contribution is 5.73. The molecule has 0 amide bonds. The fourth-order valence-corrected chi connectivity index (χ4v) is 1.93. The fraction of sp³-hybridized carbons (Fsp3) is 0.533. The minimum absolute atomic E-state index is 0.656. The fourth-order valence-electron chi connectivity index (χ4n) is 1.93. The number of rotatable bonds is 6. The van der Waals surface area contributed by atoms with Crippen molar-refractivity contribution < 1.29 is 14.6 Å². The van der Waals surface area contributed by atoms with Gasteiger partial charge in [0.1, 0.15) is 5.75 Å². The number of aliphatic carboxylic acids is 1. The Morgan fingerprint density at radius 1 is 1.39 bits per heavy atom. The van der Waals surface area contributed by atoms with Gasteiger partial charge in [0, 0.05) is 0 Å². The van der Waals surface area contributed by atoms with E-state index in [0.717, 1.165) is 24.2 Å². The number of carboxylic acid groups (broad SMARTS) is 1. The van der Waals surface area contributed by atoms with Crippen LogP contribution in [0, 0.1) is 12.3 Å². The van der Waals surface area contributed by atoms with Crippen molar-refractivity contribution in [2.45, 2.75) is 40.0 Å². The summed E-state index contributed by atoms with van der Waals surface area (Å²) in [6.45, 7) is 5.58. The molecule has 0 unspecified atom stereocenters. The molecule has 1 aromatic carbocycles. The summed E-state index contributed by atoms with van der Waals surface area (Å²) in [6, 6.07) is 6.09. The van der Waals surface area contributed by atoms with Crippen molar-refractivity contribution in [2.75, 3.05) is 7.11 Å². The number of carboxylic acids is 1. The van der Waals surface area contributed by atoms with E-state index in [0.29, 0.717) is 6.42 Å². The van der Waals surface area contributed by atoms with Crippen LogP contribution in [0.1, 0.15) is 37.8 Å². The molecule has 0 saturated heterocycles. The molecule has 1 rings (SSSR count). The Morgan fingerprint density at radius 2 is 2.06 bits per heavy atom. The van der Waals surface area contributed by atoms with E-state index in [1.54, 1.807) is 21.0 Å². The number of aryl methyl sites for hydroxylation is 2. The largest absolute Gasteiger partial charge is 0.496 e. The van der Waals surface area contributed by atoms with Crippen molar-refractivity contribution in [2.24, 2.45) is 5.41 Å². The van der Waals surface area contributed by atoms with Crippen molar-refractivity contribution >= 4 is 5.97 Å². The Bertz CT molecular complexity index is 422. The normalized spacial score (nSPS) is 11.3. The standard InChI is InChI=1S/C15H22O3/c1-11-7-8-13(18-4)12(10-11)6-5-9-15(2,3)14(16)17/h7-8,10H,5-6,9H2,1-4H3,(H,16,17). The van der Waals surface area contributed by atoms with E-state index in [1.807, 2.05) is 19.1 Å². The maximum atomic E-state index is 11.0. The molecule has 0 aliphatic carbocycles. The molecule has 0 radical (unpaired) electrons. The van der Waals surface area contributed by atoms with Gasteiger partial charge in [0.25, 0.3) is 0 Å². The predicted molar refractivity (Wildman–Crippen MR) is 72.1 cm³/mol. The smallest absolute Gasteiger partial charge is 0.309 e. The second kappa shape index (κ2) is 5.89. The van der Waals surface area contributed by atoms with Gasteiger partial charge >= 0.3 is 5.97 Å². The van der Waals surface area contributed by atoms with Gasteiger partial charge in [0.2, 0.25) is 0 Å². The zero-order valence-corrected chi connectivity index (χ0v) is 11.6. The third-order valence-electron chi connectivity index (χ3n) is 3.26. The molecular formula is C15H22O3. The van der Waals surface area contributed by atoms with E-state index < -0.39 is 11.4 Å². The maximum Gasteiger partial charge on any atom is 0.309 e. The van der Waals surface area contributed by atoms with Gasteiger partial charge in [-0.1, -0.05) is 17.7 Å². The molecule has 18 heavy (non-hydrogen) atoms. The first kappa shape index (κ1) is 14.6. The highest BCUT2D eigenvalue weighted by Gasteiger charge is 2.26. The van der Waals surface area contributed by atoms with Gasteiger partial charge < -0.3 is 9.84 Å². The number of hydrogen-bond acceptors (Lipinski definition) is 2. The highest BCUT2D eigenvalue weighted by atomic mass is 16.5. The quantitative estimate of drug-likeness (QED) is 0.841. The predicted octanol–water partition coefficient (Wildman–Crippen LogP) is 3.44. The Balaban J connectivity index is 2.64. The van der Waals surface area contributed by atoms with E-state index in [2.05, 4.69) is 6.07 Å². The summed E-state index contributed by atoms with van der Waals surface area (Å²) in [5.74, 6) is 0.146. The maximum absolute atomic E-state index is 11.0. The molecule has 100 valence electrons. The second-order valence-corrected chi connectivity index (χ2v) is 5.36. The van der Waals surface area contributed by atoms with Gasteiger partial charge in [-0.15, -0.1) is 0 Å². The van der Waals surface area contributed by atoms with Gasteiger partial charge in [-0.2, -0.15) is 0 Å². The van der Waals surface area contributed by atoms with Crippen molar-refractivity contribution in [3.05, 3.63) is 29.3 Å². The molecule has 0 aromatic heterocycles. The van der Waals surface area contributed by atoms with Crippen molar-refractivity contribution in [3.63, 3.8) is 0 Å². The van der Waals surface area contributed by atoms with Gasteiger partial charge in [-0.05, 0) is 51.7 Å². The first-order valence-corrected chi connectivity index (χ1v) is 6.24. The van der Waals surface area contributed by atoms with Crippen LogP contribution in [0.3, 0.4) is 0 Å². The summed E-state index contributed by atoms with van der Waals surface area (Å²) in [7, 11) is 1.66. The van der Waals surface area contributed by atoms with Gasteiger partial charge in [0.05, 0.1) is 12.5 Å². The molecule has 3 heteroatoms. The lowest BCUT2D eigenvalue weighted by Crippen LogP contribution is -2.23. The molecule has 0 spiro atoms. The van der Waals surface area contributed by atoms with Crippen LogP contribution in [0.4, 0.5) is 0 Å². The van der Waals surface area contributed by atoms with E-state index in [9.17, 15) is 4.79 Å². The molecule has 0 atom stereocenters. The lowest BCUT2D eigenvalue weighted by molar-refractivity contribution is -0.147. The summed E-state index contributed by atoms with van der Waals surface area (Å²) in [5.41, 5.74) is 1.69. The molecule has 0 bridgehead atoms. The number of ether oxygens (including phenoxy) is 1. The zero-order chi connectivity index (χ0) is 13.8. The van der Waals surface area contributed by atoms with Gasteiger partial charge in [-0.3, -0.25) is 4.79 Å². The summed E-state index contributed by atoms with van der Waals surface area (Å²) >= 11 is 0. The van der Waals surface area contributed by atoms with E-state index in [-0.39, 0.29) is 0 Å². The Kier molecular flexibility index (Phi) is 4.76. The van der Waals surface area contributed by atoms with Crippen molar-refractivity contribution in [1.29, 1.82) is 0 Å². The first-order valence-electron chi connectivity index (χ1n) is 6.24. The monoisotopic (exact) mass is 250 g/mol. The molecule has 0 heterocycles. The van der Waals surface area contributed by atoms with E-state index >= 15 is 0 Å². The summed E-state index contributed by atoms with van der Waals surface area (Å²) in [4.78, 5) is 11.0. The summed E-state index contributed by atoms with van der Waals surface area (Å²) in [6.07, 6.45) is 2.36. The third-order valence-corrected chi connectivity index (χ3v) is 3.26. The SMILES string of the molecule is COc1ccc(C)cc1CCCC(C)(C)C(=O)O. The lowest BCUT2D eigenvalue weighted by atomic mass is 9.86. The lowest BCUT2D eigenvalue weighted by Gasteiger charge is -2.19. The molecule has 1 N–H and O–H groups in total. The van der Waals surface area contributed by atoms with E-state index in [4.69, 9.17) is 9.84 Å². The van der Waals surface area contributed by atoms with Crippen LogP contribution in [-0.2, 0) is 11.2 Å². The minimum atomic E-state index is -0.737. The third kappa shape index (κ3) is 3.76. The molecule has 0 aliphatic heterocycles. The van der Waals surface area contributed by atoms with Crippen molar-refractivity contribution in [1.82, 2.24) is 0 Å². The van der Waals surface area contributed by atoms with Crippen molar-refractivity contribution in [3.8, 4) is 5.75 Å². The topological polar surface area (TPSA) is 46.5 Å². The van der Waals surface area contributed by atoms with Gasteiger partial charge in [0.15, 0.2) is 0 Å².